The molecule has 0 saturated carbocycles. The lowest BCUT2D eigenvalue weighted by molar-refractivity contribution is 0.0783. The van der Waals surface area contributed by atoms with E-state index in [0.717, 1.165) is 0 Å². The Hall–Kier alpha value is -1.40. The number of benzene rings is 1. The highest BCUT2D eigenvalue weighted by Gasteiger charge is 2.26. The Morgan fingerprint density at radius 3 is 2.47 bits per heavy atom. The molecule has 1 aromatic rings. The molecule has 1 aliphatic heterocycles. The molecule has 1 aliphatic rings. The van der Waals surface area contributed by atoms with Gasteiger partial charge in [0.05, 0.1) is 6.54 Å². The Labute approximate surface area is 98.8 Å². The van der Waals surface area contributed by atoms with Gasteiger partial charge in [-0.3, -0.25) is 4.79 Å². The van der Waals surface area contributed by atoms with Gasteiger partial charge in [0.25, 0.3) is 5.91 Å². The predicted octanol–water partition coefficient (Wildman–Crippen LogP) is -0.450. The maximum Gasteiger partial charge on any atom is 0.488 e. The van der Waals surface area contributed by atoms with Gasteiger partial charge in [0.1, 0.15) is 6.17 Å². The average molecular weight is 237 g/mol. The molecule has 2 N–H and O–H groups in total. The highest BCUT2D eigenvalue weighted by atomic mass is 19.1. The van der Waals surface area contributed by atoms with Crippen LogP contribution in [0, 0.1) is 0 Å². The maximum atomic E-state index is 13.0. The van der Waals surface area contributed by atoms with Gasteiger partial charge in [0, 0.05) is 12.1 Å². The highest BCUT2D eigenvalue weighted by Crippen LogP contribution is 2.15. The number of hydrogen-bond acceptors (Lipinski definition) is 3. The number of amides is 1. The van der Waals surface area contributed by atoms with Gasteiger partial charge in [-0.05, 0) is 24.0 Å². The van der Waals surface area contributed by atoms with Gasteiger partial charge in [-0.2, -0.15) is 0 Å². The molecule has 0 spiro atoms. The molecule has 4 nitrogen and oxygen atoms in total. The Morgan fingerprint density at radius 1 is 1.35 bits per heavy atom. The molecule has 1 fully saturated rings. The van der Waals surface area contributed by atoms with E-state index in [0.29, 0.717) is 24.0 Å². The number of hydrogen-bond donors (Lipinski definition) is 2. The van der Waals surface area contributed by atoms with Gasteiger partial charge < -0.3 is 14.9 Å². The Bertz CT molecular complexity index is 410. The van der Waals surface area contributed by atoms with Gasteiger partial charge in [-0.1, -0.05) is 12.1 Å². The molecule has 0 radical (unpaired) electrons. The Morgan fingerprint density at radius 2 is 2.00 bits per heavy atom. The van der Waals surface area contributed by atoms with Gasteiger partial charge in [-0.25, -0.2) is 4.39 Å². The minimum atomic E-state index is -1.54. The van der Waals surface area contributed by atoms with Gasteiger partial charge in [0.2, 0.25) is 0 Å². The summed E-state index contributed by atoms with van der Waals surface area (Å²) in [6.45, 7) is 0.577. The third kappa shape index (κ3) is 2.65. The molecule has 0 aromatic heterocycles. The second-order valence-electron chi connectivity index (χ2n) is 4.13. The zero-order chi connectivity index (χ0) is 12.4. The summed E-state index contributed by atoms with van der Waals surface area (Å²) < 4.78 is 13.0. The third-order valence-corrected chi connectivity index (χ3v) is 2.87. The van der Waals surface area contributed by atoms with Crippen molar-refractivity contribution in [2.45, 2.75) is 12.6 Å². The summed E-state index contributed by atoms with van der Waals surface area (Å²) >= 11 is 0. The summed E-state index contributed by atoms with van der Waals surface area (Å²) in [5, 5.41) is 17.8. The summed E-state index contributed by atoms with van der Waals surface area (Å²) in [4.78, 5) is 13.4. The van der Waals surface area contributed by atoms with Gasteiger partial charge >= 0.3 is 7.12 Å². The van der Waals surface area contributed by atoms with Gasteiger partial charge in [-0.15, -0.1) is 0 Å². The van der Waals surface area contributed by atoms with Crippen molar-refractivity contribution in [1.29, 1.82) is 0 Å². The van der Waals surface area contributed by atoms with E-state index in [4.69, 9.17) is 10.0 Å². The quantitative estimate of drug-likeness (QED) is 0.685. The number of carbonyl (C=O) groups excluding carboxylic acids is 1. The smallest absolute Gasteiger partial charge is 0.423 e. The molecule has 1 aromatic carbocycles. The largest absolute Gasteiger partial charge is 0.488 e. The Kier molecular flexibility index (Phi) is 3.45. The molecule has 6 heteroatoms. The molecule has 0 aliphatic carbocycles. The number of likely N-dealkylation sites (tertiary alicyclic amines) is 1. The topological polar surface area (TPSA) is 60.8 Å². The molecule has 1 amide bonds. The first kappa shape index (κ1) is 12.1. The molecular weight excluding hydrogens is 224 g/mol. The van der Waals surface area contributed by atoms with Crippen molar-refractivity contribution < 1.29 is 19.2 Å². The first-order chi connectivity index (χ1) is 8.08. The molecule has 1 heterocycles. The standard InChI is InChI=1S/C11H13BFNO3/c13-10-5-6-14(7-10)11(15)8-1-3-9(4-2-8)12(16)17/h1-4,10,16-17H,5-7H2. The fourth-order valence-corrected chi connectivity index (χ4v) is 1.88. The summed E-state index contributed by atoms with van der Waals surface area (Å²) in [5.41, 5.74) is 0.759. The maximum absolute atomic E-state index is 13.0. The second kappa shape index (κ2) is 4.85. The van der Waals surface area contributed by atoms with Crippen LogP contribution in [0.4, 0.5) is 4.39 Å². The van der Waals surface area contributed by atoms with Crippen molar-refractivity contribution in [1.82, 2.24) is 4.90 Å². The van der Waals surface area contributed by atoms with E-state index >= 15 is 0 Å². The van der Waals surface area contributed by atoms with Crippen molar-refractivity contribution in [2.75, 3.05) is 13.1 Å². The fourth-order valence-electron chi connectivity index (χ4n) is 1.88. The van der Waals surface area contributed by atoms with Crippen LogP contribution in [0.2, 0.25) is 0 Å². The zero-order valence-corrected chi connectivity index (χ0v) is 9.21. The van der Waals surface area contributed by atoms with Crippen molar-refractivity contribution in [3.63, 3.8) is 0 Å². The SMILES string of the molecule is O=C(c1ccc(B(O)O)cc1)N1CCC(F)C1. The van der Waals surface area contributed by atoms with Crippen molar-refractivity contribution in [3.05, 3.63) is 29.8 Å². The van der Waals surface area contributed by atoms with Crippen LogP contribution in [0.1, 0.15) is 16.8 Å². The Balaban J connectivity index is 2.09. The third-order valence-electron chi connectivity index (χ3n) is 2.87. The number of nitrogens with zero attached hydrogens (tertiary/aromatic N) is 1. The normalized spacial score (nSPS) is 19.5. The van der Waals surface area contributed by atoms with Crippen LogP contribution in [0.5, 0.6) is 0 Å². The minimum absolute atomic E-state index is 0.142. The molecule has 2 rings (SSSR count). The average Bonchev–Trinajstić information content (AvgIpc) is 2.75. The molecule has 1 saturated heterocycles. The lowest BCUT2D eigenvalue weighted by Crippen LogP contribution is -2.31. The zero-order valence-electron chi connectivity index (χ0n) is 9.21. The van der Waals surface area contributed by atoms with Crippen molar-refractivity contribution >= 4 is 18.5 Å². The van der Waals surface area contributed by atoms with E-state index in [9.17, 15) is 9.18 Å². The second-order valence-corrected chi connectivity index (χ2v) is 4.13. The summed E-state index contributed by atoms with van der Waals surface area (Å²) in [6, 6.07) is 5.98. The molecule has 0 bridgehead atoms. The van der Waals surface area contributed by atoms with Crippen LogP contribution in [0.3, 0.4) is 0 Å². The van der Waals surface area contributed by atoms with E-state index in [1.165, 1.54) is 29.2 Å². The van der Waals surface area contributed by atoms with Crippen LogP contribution in [-0.2, 0) is 0 Å². The predicted molar refractivity (Wildman–Crippen MR) is 61.7 cm³/mol. The minimum Gasteiger partial charge on any atom is -0.423 e. The van der Waals surface area contributed by atoms with Crippen molar-refractivity contribution in [2.24, 2.45) is 0 Å². The lowest BCUT2D eigenvalue weighted by atomic mass is 9.80. The van der Waals surface area contributed by atoms with Crippen LogP contribution < -0.4 is 5.46 Å². The summed E-state index contributed by atoms with van der Waals surface area (Å²) in [5.74, 6) is -0.218. The molecule has 90 valence electrons. The summed E-state index contributed by atoms with van der Waals surface area (Å²) in [6.07, 6.45) is -0.545. The van der Waals surface area contributed by atoms with Crippen LogP contribution >= 0.6 is 0 Å². The number of alkyl halides is 1. The molecular formula is C11H13BFNO3. The highest BCUT2D eigenvalue weighted by molar-refractivity contribution is 6.58. The first-order valence-corrected chi connectivity index (χ1v) is 5.47. The van der Waals surface area contributed by atoms with Gasteiger partial charge in [0.15, 0.2) is 0 Å². The lowest BCUT2D eigenvalue weighted by Gasteiger charge is -2.15. The van der Waals surface area contributed by atoms with E-state index in [1.54, 1.807) is 0 Å². The number of rotatable bonds is 2. The molecule has 1 unspecified atom stereocenters. The van der Waals surface area contributed by atoms with E-state index < -0.39 is 13.3 Å². The van der Waals surface area contributed by atoms with E-state index in [2.05, 4.69) is 0 Å². The van der Waals surface area contributed by atoms with Crippen molar-refractivity contribution in [3.8, 4) is 0 Å². The van der Waals surface area contributed by atoms with Crippen LogP contribution in [0.25, 0.3) is 0 Å². The fraction of sp³-hybridized carbons (Fsp3) is 0.364. The molecule has 17 heavy (non-hydrogen) atoms. The number of halogens is 1. The number of carbonyl (C=O) groups is 1. The van der Waals surface area contributed by atoms with E-state index in [-0.39, 0.29) is 12.5 Å². The summed E-state index contributed by atoms with van der Waals surface area (Å²) in [7, 11) is -1.54. The van der Waals surface area contributed by atoms with Crippen LogP contribution in [0.15, 0.2) is 24.3 Å². The molecule has 1 atom stereocenters. The van der Waals surface area contributed by atoms with E-state index in [1.807, 2.05) is 0 Å². The monoisotopic (exact) mass is 237 g/mol. The first-order valence-electron chi connectivity index (χ1n) is 5.47. The van der Waals surface area contributed by atoms with Crippen LogP contribution in [-0.4, -0.2) is 47.2 Å².